The number of Topliss-reactive ketones (excluding diaryl/α,β-unsaturated/α-hetero) is 1. The van der Waals surface area contributed by atoms with Gasteiger partial charge in [-0.05, 0) is 19.4 Å². The highest BCUT2D eigenvalue weighted by molar-refractivity contribution is 5.96. The van der Waals surface area contributed by atoms with E-state index in [9.17, 15) is 13.6 Å². The van der Waals surface area contributed by atoms with Crippen LogP contribution in [-0.2, 0) is 4.79 Å². The minimum Gasteiger partial charge on any atom is -0.295 e. The van der Waals surface area contributed by atoms with Crippen LogP contribution in [-0.4, -0.2) is 11.7 Å². The van der Waals surface area contributed by atoms with Gasteiger partial charge in [0.15, 0.2) is 5.78 Å². The molecule has 0 saturated heterocycles. The van der Waals surface area contributed by atoms with Gasteiger partial charge < -0.3 is 0 Å². The van der Waals surface area contributed by atoms with E-state index in [1.165, 1.54) is 32.1 Å². The number of hydrogen-bond donors (Lipinski definition) is 0. The Morgan fingerprint density at radius 3 is 2.07 bits per heavy atom. The number of carbonyl (C=O) groups is 1. The smallest absolute Gasteiger partial charge is 0.266 e. The van der Waals surface area contributed by atoms with E-state index in [0.717, 1.165) is 6.92 Å². The van der Waals surface area contributed by atoms with Crippen LogP contribution in [0.4, 0.5) is 8.78 Å². The van der Waals surface area contributed by atoms with Gasteiger partial charge in [0, 0.05) is 12.5 Å². The molecule has 78 valence electrons. The van der Waals surface area contributed by atoms with Crippen LogP contribution < -0.4 is 0 Å². The summed E-state index contributed by atoms with van der Waals surface area (Å²) in [4.78, 5) is 10.9. The van der Waals surface area contributed by atoms with E-state index in [0.29, 0.717) is 5.57 Å². The topological polar surface area (TPSA) is 17.1 Å². The Labute approximate surface area is 82.8 Å². The maximum Gasteiger partial charge on any atom is 0.266 e. The lowest BCUT2D eigenvalue weighted by Gasteiger charge is -2.09. The summed E-state index contributed by atoms with van der Waals surface area (Å²) < 4.78 is 25.3. The summed E-state index contributed by atoms with van der Waals surface area (Å²) in [5.41, 5.74) is 0.242. The second-order valence-electron chi connectivity index (χ2n) is 3.12. The first kappa shape index (κ1) is 12.8. The minimum atomic E-state index is -2.85. The first-order chi connectivity index (χ1) is 6.29. The number of rotatable bonds is 4. The maximum atomic E-state index is 12.7. The van der Waals surface area contributed by atoms with Crippen LogP contribution in [0.5, 0.6) is 0 Å². The van der Waals surface area contributed by atoms with Crippen LogP contribution in [0.15, 0.2) is 36.0 Å². The van der Waals surface area contributed by atoms with E-state index in [4.69, 9.17) is 0 Å². The quantitative estimate of drug-likeness (QED) is 0.502. The van der Waals surface area contributed by atoms with Crippen LogP contribution in [0.2, 0.25) is 0 Å². The van der Waals surface area contributed by atoms with Gasteiger partial charge in [0.25, 0.3) is 5.92 Å². The molecule has 14 heavy (non-hydrogen) atoms. The number of hydrogen-bond acceptors (Lipinski definition) is 1. The second kappa shape index (κ2) is 4.84. The van der Waals surface area contributed by atoms with Gasteiger partial charge in [-0.3, -0.25) is 4.79 Å². The van der Waals surface area contributed by atoms with Gasteiger partial charge >= 0.3 is 0 Å². The van der Waals surface area contributed by atoms with Crippen molar-refractivity contribution < 1.29 is 13.6 Å². The van der Waals surface area contributed by atoms with E-state index in [-0.39, 0.29) is 11.4 Å². The summed E-state index contributed by atoms with van der Waals surface area (Å²) in [5, 5.41) is 0. The fraction of sp³-hybridized carbons (Fsp3) is 0.364. The van der Waals surface area contributed by atoms with Crippen molar-refractivity contribution in [1.82, 2.24) is 0 Å². The predicted octanol–water partition coefficient (Wildman–Crippen LogP) is 3.29. The number of ketones is 1. The van der Waals surface area contributed by atoms with Crippen LogP contribution in [0.25, 0.3) is 0 Å². The van der Waals surface area contributed by atoms with Crippen molar-refractivity contribution in [2.75, 3.05) is 0 Å². The zero-order valence-corrected chi connectivity index (χ0v) is 8.60. The average molecular weight is 200 g/mol. The van der Waals surface area contributed by atoms with Crippen LogP contribution in [0.3, 0.4) is 0 Å². The molecule has 0 atom stereocenters. The van der Waals surface area contributed by atoms with Crippen molar-refractivity contribution in [1.29, 1.82) is 0 Å². The number of carbonyl (C=O) groups excluding carboxylic acids is 1. The predicted molar refractivity (Wildman–Crippen MR) is 53.3 cm³/mol. The summed E-state index contributed by atoms with van der Waals surface area (Å²) in [6.45, 7) is 6.91. The Morgan fingerprint density at radius 2 is 1.79 bits per heavy atom. The molecule has 0 aromatic rings. The van der Waals surface area contributed by atoms with Gasteiger partial charge in [-0.25, -0.2) is 8.78 Å². The van der Waals surface area contributed by atoms with Crippen LogP contribution in [0.1, 0.15) is 20.8 Å². The molecular weight excluding hydrogens is 186 g/mol. The zero-order chi connectivity index (χ0) is 11.4. The van der Waals surface area contributed by atoms with Crippen molar-refractivity contribution >= 4 is 5.78 Å². The third-order valence-electron chi connectivity index (χ3n) is 1.83. The molecule has 0 aliphatic heterocycles. The summed E-state index contributed by atoms with van der Waals surface area (Å²) >= 11 is 0. The Hall–Kier alpha value is -1.25. The fourth-order valence-electron chi connectivity index (χ4n) is 0.690. The molecule has 0 spiro atoms. The van der Waals surface area contributed by atoms with Gasteiger partial charge in [0.2, 0.25) is 0 Å². The largest absolute Gasteiger partial charge is 0.295 e. The molecular formula is C11H14F2O. The average Bonchev–Trinajstić information content (AvgIpc) is 2.02. The van der Waals surface area contributed by atoms with Crippen molar-refractivity contribution in [2.24, 2.45) is 0 Å². The molecule has 0 aliphatic rings. The van der Waals surface area contributed by atoms with Crippen molar-refractivity contribution in [3.8, 4) is 0 Å². The van der Waals surface area contributed by atoms with Gasteiger partial charge in [-0.2, -0.15) is 0 Å². The molecule has 0 rings (SSSR count). The van der Waals surface area contributed by atoms with E-state index >= 15 is 0 Å². The zero-order valence-electron chi connectivity index (χ0n) is 8.60. The monoisotopic (exact) mass is 200 g/mol. The Balaban J connectivity index is 4.85. The molecule has 0 saturated carbocycles. The van der Waals surface area contributed by atoms with Crippen LogP contribution >= 0.6 is 0 Å². The lowest BCUT2D eigenvalue weighted by Crippen LogP contribution is -2.10. The minimum absolute atomic E-state index is 0.0851. The maximum absolute atomic E-state index is 12.7. The van der Waals surface area contributed by atoms with Gasteiger partial charge in [-0.1, -0.05) is 24.8 Å². The summed E-state index contributed by atoms with van der Waals surface area (Å²) in [6, 6.07) is 0. The number of halogens is 2. The van der Waals surface area contributed by atoms with E-state index in [1.807, 2.05) is 0 Å². The Kier molecular flexibility index (Phi) is 4.41. The van der Waals surface area contributed by atoms with E-state index in [1.54, 1.807) is 0 Å². The highest BCUT2D eigenvalue weighted by Crippen LogP contribution is 2.22. The molecule has 0 fully saturated rings. The van der Waals surface area contributed by atoms with E-state index in [2.05, 4.69) is 6.58 Å². The Morgan fingerprint density at radius 1 is 1.29 bits per heavy atom. The molecule has 0 aliphatic carbocycles. The highest BCUT2D eigenvalue weighted by atomic mass is 19.3. The van der Waals surface area contributed by atoms with Crippen molar-refractivity contribution in [3.05, 3.63) is 36.0 Å². The number of allylic oxidation sites excluding steroid dienone is 5. The normalized spacial score (nSPS) is 14.1. The molecule has 0 heterocycles. The van der Waals surface area contributed by atoms with Crippen molar-refractivity contribution in [2.45, 2.75) is 26.7 Å². The molecule has 0 bridgehead atoms. The van der Waals surface area contributed by atoms with Gasteiger partial charge in [-0.15, -0.1) is 0 Å². The molecule has 3 heteroatoms. The highest BCUT2D eigenvalue weighted by Gasteiger charge is 2.22. The summed E-state index contributed by atoms with van der Waals surface area (Å²) in [7, 11) is 0. The molecule has 0 N–H and O–H groups in total. The lowest BCUT2D eigenvalue weighted by atomic mass is 10.1. The summed E-state index contributed by atoms with van der Waals surface area (Å²) in [5.74, 6) is -3.04. The molecule has 1 nitrogen and oxygen atoms in total. The van der Waals surface area contributed by atoms with Gasteiger partial charge in [0.05, 0.1) is 0 Å². The van der Waals surface area contributed by atoms with Crippen molar-refractivity contribution in [3.63, 3.8) is 0 Å². The third kappa shape index (κ3) is 4.12. The lowest BCUT2D eigenvalue weighted by molar-refractivity contribution is -0.113. The molecule has 0 aromatic carbocycles. The molecule has 0 aromatic heterocycles. The SMILES string of the molecule is C=C/C(=C\C=C(/C)C(C)(F)F)C(C)=O. The Bertz CT molecular complexity index is 293. The molecule has 0 amide bonds. The van der Waals surface area contributed by atoms with E-state index < -0.39 is 5.92 Å². The molecule has 0 radical (unpaired) electrons. The fourth-order valence-corrected chi connectivity index (χ4v) is 0.690. The first-order valence-corrected chi connectivity index (χ1v) is 4.19. The molecule has 0 unspecified atom stereocenters. The summed E-state index contributed by atoms with van der Waals surface area (Å²) in [6.07, 6.45) is 3.93. The first-order valence-electron chi connectivity index (χ1n) is 4.19. The second-order valence-corrected chi connectivity index (χ2v) is 3.12. The third-order valence-corrected chi connectivity index (χ3v) is 1.83. The van der Waals surface area contributed by atoms with Crippen LogP contribution in [0, 0.1) is 0 Å². The standard InChI is InChI=1S/C11H14F2O/c1-5-10(9(3)14)7-6-8(2)11(4,12)13/h5-7H,1H2,2-4H3/b8-6+,10-7+. The number of alkyl halides is 2. The van der Waals surface area contributed by atoms with Gasteiger partial charge in [0.1, 0.15) is 0 Å².